The molecule has 0 N–H and O–H groups in total. The third-order valence-corrected chi connectivity index (χ3v) is 6.54. The monoisotopic (exact) mass is 385 g/mol. The first kappa shape index (κ1) is 18.9. The summed E-state index contributed by atoms with van der Waals surface area (Å²) in [4.78, 5) is 14.9. The normalized spacial score (nSPS) is 13.0. The van der Waals surface area contributed by atoms with Gasteiger partial charge in [-0.3, -0.25) is 15.1 Å². The molecule has 0 saturated heterocycles. The zero-order valence-electron chi connectivity index (χ0n) is 15.2. The largest absolute Gasteiger partial charge is 0.269 e. The lowest BCUT2D eigenvalue weighted by molar-refractivity contribution is -0.384. The quantitative estimate of drug-likeness (QED) is 0.491. The Morgan fingerprint density at radius 3 is 2.56 bits per heavy atom. The highest BCUT2D eigenvalue weighted by molar-refractivity contribution is 7.89. The number of pyridine rings is 1. The average Bonchev–Trinajstić information content (AvgIpc) is 2.66. The molecule has 8 heteroatoms. The van der Waals surface area contributed by atoms with Crippen molar-refractivity contribution in [2.24, 2.45) is 0 Å². The first-order valence-corrected chi connectivity index (χ1v) is 9.73. The van der Waals surface area contributed by atoms with Gasteiger partial charge < -0.3 is 0 Å². The second-order valence-electron chi connectivity index (χ2n) is 6.39. The first-order valence-electron chi connectivity index (χ1n) is 8.29. The topological polar surface area (TPSA) is 93.4 Å². The molecular weight excluding hydrogens is 366 g/mol. The molecule has 1 unspecified atom stereocenters. The average molecular weight is 385 g/mol. The van der Waals surface area contributed by atoms with Gasteiger partial charge in [-0.15, -0.1) is 0 Å². The lowest BCUT2D eigenvalue weighted by Crippen LogP contribution is -2.30. The summed E-state index contributed by atoms with van der Waals surface area (Å²) in [5.74, 6) is 0. The SMILES string of the molecule is Cc1cnc2c(S(=O)(=O)N(C)C(C)c3cccc([N+](=O)[O-])c3)cccc2c1. The van der Waals surface area contributed by atoms with Gasteiger partial charge in [0.2, 0.25) is 10.0 Å². The van der Waals surface area contributed by atoms with Gasteiger partial charge in [0.25, 0.3) is 5.69 Å². The lowest BCUT2D eigenvalue weighted by atomic mass is 10.1. The number of nitro groups is 1. The number of fused-ring (bicyclic) bond motifs is 1. The zero-order valence-corrected chi connectivity index (χ0v) is 16.0. The van der Waals surface area contributed by atoms with Crippen LogP contribution in [0.15, 0.2) is 59.6 Å². The molecule has 0 aliphatic carbocycles. The van der Waals surface area contributed by atoms with Gasteiger partial charge in [0.1, 0.15) is 4.90 Å². The van der Waals surface area contributed by atoms with Crippen LogP contribution in [0.3, 0.4) is 0 Å². The molecule has 140 valence electrons. The molecular formula is C19H19N3O4S. The molecule has 0 radical (unpaired) electrons. The molecule has 0 saturated carbocycles. The minimum Gasteiger partial charge on any atom is -0.258 e. The molecule has 0 aliphatic heterocycles. The van der Waals surface area contributed by atoms with Crippen molar-refractivity contribution >= 4 is 26.6 Å². The van der Waals surface area contributed by atoms with Crippen molar-refractivity contribution in [2.45, 2.75) is 24.8 Å². The number of hydrogen-bond acceptors (Lipinski definition) is 5. The summed E-state index contributed by atoms with van der Waals surface area (Å²) in [6.07, 6.45) is 1.63. The molecule has 0 amide bonds. The highest BCUT2D eigenvalue weighted by atomic mass is 32.2. The molecule has 1 aromatic heterocycles. The van der Waals surface area contributed by atoms with Crippen LogP contribution in [0, 0.1) is 17.0 Å². The molecule has 1 heterocycles. The van der Waals surface area contributed by atoms with Crippen LogP contribution in [0.5, 0.6) is 0 Å². The number of aryl methyl sites for hydroxylation is 1. The van der Waals surface area contributed by atoms with E-state index in [2.05, 4.69) is 4.98 Å². The summed E-state index contributed by atoms with van der Waals surface area (Å²) < 4.78 is 27.6. The fourth-order valence-electron chi connectivity index (χ4n) is 2.92. The molecule has 3 aromatic rings. The number of aromatic nitrogens is 1. The maximum atomic E-state index is 13.2. The Hall–Kier alpha value is -2.84. The van der Waals surface area contributed by atoms with Crippen molar-refractivity contribution in [1.29, 1.82) is 0 Å². The van der Waals surface area contributed by atoms with Crippen molar-refractivity contribution in [1.82, 2.24) is 9.29 Å². The van der Waals surface area contributed by atoms with Crippen LogP contribution in [0.1, 0.15) is 24.1 Å². The highest BCUT2D eigenvalue weighted by Gasteiger charge is 2.29. The van der Waals surface area contributed by atoms with Crippen molar-refractivity contribution in [3.63, 3.8) is 0 Å². The Morgan fingerprint density at radius 2 is 1.85 bits per heavy atom. The van der Waals surface area contributed by atoms with Gasteiger partial charge >= 0.3 is 0 Å². The second kappa shape index (κ2) is 7.05. The second-order valence-corrected chi connectivity index (χ2v) is 8.36. The van der Waals surface area contributed by atoms with Crippen LogP contribution >= 0.6 is 0 Å². The molecule has 27 heavy (non-hydrogen) atoms. The summed E-state index contributed by atoms with van der Waals surface area (Å²) in [7, 11) is -2.39. The summed E-state index contributed by atoms with van der Waals surface area (Å²) in [6, 6.07) is 12.3. The van der Waals surface area contributed by atoms with E-state index in [0.29, 0.717) is 11.1 Å². The lowest BCUT2D eigenvalue weighted by Gasteiger charge is -2.25. The van der Waals surface area contributed by atoms with Crippen LogP contribution in [-0.2, 0) is 10.0 Å². The van der Waals surface area contributed by atoms with Crippen molar-refractivity contribution in [2.75, 3.05) is 7.05 Å². The van der Waals surface area contributed by atoms with E-state index in [4.69, 9.17) is 0 Å². The van der Waals surface area contributed by atoms with Gasteiger partial charge in [0, 0.05) is 36.8 Å². The number of hydrogen-bond donors (Lipinski definition) is 0. The van der Waals surface area contributed by atoms with E-state index in [1.54, 1.807) is 31.3 Å². The third kappa shape index (κ3) is 3.54. The molecule has 0 aliphatic rings. The van der Waals surface area contributed by atoms with Crippen LogP contribution < -0.4 is 0 Å². The number of para-hydroxylation sites is 1. The fourth-order valence-corrected chi connectivity index (χ4v) is 4.44. The molecule has 7 nitrogen and oxygen atoms in total. The Bertz CT molecular complexity index is 1130. The van der Waals surface area contributed by atoms with E-state index in [1.165, 1.54) is 29.6 Å². The Labute approximate surface area is 157 Å². The summed E-state index contributed by atoms with van der Waals surface area (Å²) >= 11 is 0. The van der Waals surface area contributed by atoms with Gasteiger partial charge in [0.15, 0.2) is 0 Å². The third-order valence-electron chi connectivity index (χ3n) is 4.58. The van der Waals surface area contributed by atoms with Crippen LogP contribution in [0.2, 0.25) is 0 Å². The number of sulfonamides is 1. The van der Waals surface area contributed by atoms with E-state index in [1.807, 2.05) is 19.1 Å². The minimum atomic E-state index is -3.86. The predicted octanol–water partition coefficient (Wildman–Crippen LogP) is 3.83. The molecule has 0 spiro atoms. The predicted molar refractivity (Wildman–Crippen MR) is 103 cm³/mol. The van der Waals surface area contributed by atoms with Gasteiger partial charge in [-0.25, -0.2) is 8.42 Å². The van der Waals surface area contributed by atoms with Gasteiger partial charge in [-0.05, 0) is 37.1 Å². The number of nitro benzene ring substituents is 1. The minimum absolute atomic E-state index is 0.0764. The maximum Gasteiger partial charge on any atom is 0.269 e. The van der Waals surface area contributed by atoms with E-state index in [0.717, 1.165) is 10.9 Å². The number of non-ortho nitro benzene ring substituents is 1. The number of benzene rings is 2. The Kier molecular flexibility index (Phi) is 4.95. The molecule has 3 rings (SSSR count). The van der Waals surface area contributed by atoms with Crippen LogP contribution in [-0.4, -0.2) is 29.7 Å². The molecule has 1 atom stereocenters. The standard InChI is InChI=1S/C19H19N3O4S/c1-13-10-16-7-5-9-18(19(16)20-12-13)27(25,26)21(3)14(2)15-6-4-8-17(11-15)22(23)24/h4-12,14H,1-3H3. The fraction of sp³-hybridized carbons (Fsp3) is 0.211. The Balaban J connectivity index is 2.05. The van der Waals surface area contributed by atoms with E-state index >= 15 is 0 Å². The Morgan fingerprint density at radius 1 is 1.15 bits per heavy atom. The number of rotatable bonds is 5. The summed E-state index contributed by atoms with van der Waals surface area (Å²) in [6.45, 7) is 3.59. The van der Waals surface area contributed by atoms with E-state index < -0.39 is 21.0 Å². The van der Waals surface area contributed by atoms with Crippen molar-refractivity contribution < 1.29 is 13.3 Å². The van der Waals surface area contributed by atoms with Crippen LogP contribution in [0.25, 0.3) is 10.9 Å². The van der Waals surface area contributed by atoms with Gasteiger partial charge in [0.05, 0.1) is 10.4 Å². The smallest absolute Gasteiger partial charge is 0.258 e. The van der Waals surface area contributed by atoms with Gasteiger partial charge in [-0.1, -0.05) is 24.3 Å². The van der Waals surface area contributed by atoms with E-state index in [9.17, 15) is 18.5 Å². The van der Waals surface area contributed by atoms with E-state index in [-0.39, 0.29) is 10.6 Å². The van der Waals surface area contributed by atoms with Crippen LogP contribution in [0.4, 0.5) is 5.69 Å². The first-order chi connectivity index (χ1) is 12.7. The molecule has 0 bridgehead atoms. The number of nitrogens with zero attached hydrogens (tertiary/aromatic N) is 3. The molecule has 0 fully saturated rings. The zero-order chi connectivity index (χ0) is 19.8. The van der Waals surface area contributed by atoms with Gasteiger partial charge in [-0.2, -0.15) is 4.31 Å². The van der Waals surface area contributed by atoms with Crippen molar-refractivity contribution in [3.05, 3.63) is 76.0 Å². The maximum absolute atomic E-state index is 13.2. The highest BCUT2D eigenvalue weighted by Crippen LogP contribution is 2.30. The summed E-state index contributed by atoms with van der Waals surface area (Å²) in [5, 5.41) is 11.7. The molecule has 2 aromatic carbocycles. The summed E-state index contributed by atoms with van der Waals surface area (Å²) in [5.41, 5.74) is 1.81. The van der Waals surface area contributed by atoms with Crippen molar-refractivity contribution in [3.8, 4) is 0 Å².